The number of hydrogen-bond donors (Lipinski definition) is 3. The van der Waals surface area contributed by atoms with Crippen molar-refractivity contribution in [2.75, 3.05) is 7.11 Å². The van der Waals surface area contributed by atoms with Crippen LogP contribution in [0.1, 0.15) is 28.5 Å². The van der Waals surface area contributed by atoms with E-state index in [1.807, 2.05) is 0 Å². The lowest BCUT2D eigenvalue weighted by molar-refractivity contribution is -0.137. The van der Waals surface area contributed by atoms with Crippen LogP contribution in [0.15, 0.2) is 42.6 Å². The number of aromatic nitrogens is 3. The summed E-state index contributed by atoms with van der Waals surface area (Å²) in [5.74, 6) is -4.04. The van der Waals surface area contributed by atoms with Gasteiger partial charge in [0.1, 0.15) is 11.5 Å². The zero-order valence-electron chi connectivity index (χ0n) is 15.5. The number of carboxylic acids is 1. The number of halogens is 2. The van der Waals surface area contributed by atoms with Gasteiger partial charge in [-0.2, -0.15) is 9.78 Å². The molecule has 30 heavy (non-hydrogen) atoms. The van der Waals surface area contributed by atoms with Crippen molar-refractivity contribution < 1.29 is 33.3 Å². The van der Waals surface area contributed by atoms with Gasteiger partial charge in [0.05, 0.1) is 19.6 Å². The Morgan fingerprint density at radius 2 is 2.00 bits per heavy atom. The van der Waals surface area contributed by atoms with Crippen molar-refractivity contribution in [3.05, 3.63) is 65.5 Å². The van der Waals surface area contributed by atoms with Crippen LogP contribution in [0.2, 0.25) is 0 Å². The van der Waals surface area contributed by atoms with Gasteiger partial charge in [-0.3, -0.25) is 9.59 Å². The molecule has 0 saturated heterocycles. The van der Waals surface area contributed by atoms with E-state index in [-0.39, 0.29) is 11.4 Å². The number of nitrogens with zero attached hydrogens (tertiary/aromatic N) is 3. The van der Waals surface area contributed by atoms with Crippen LogP contribution in [0, 0.1) is 11.6 Å². The third-order valence-electron chi connectivity index (χ3n) is 4.12. The fourth-order valence-electron chi connectivity index (χ4n) is 2.69. The summed E-state index contributed by atoms with van der Waals surface area (Å²) in [5, 5.41) is 25.5. The van der Waals surface area contributed by atoms with Crippen molar-refractivity contribution in [3.63, 3.8) is 0 Å². The molecular weight excluding hydrogens is 402 g/mol. The average molecular weight is 418 g/mol. The van der Waals surface area contributed by atoms with Gasteiger partial charge in [-0.1, -0.05) is 6.07 Å². The second kappa shape index (κ2) is 8.55. The quantitative estimate of drug-likeness (QED) is 0.537. The zero-order valence-corrected chi connectivity index (χ0v) is 15.5. The highest BCUT2D eigenvalue weighted by Gasteiger charge is 2.23. The van der Waals surface area contributed by atoms with Crippen LogP contribution in [0.3, 0.4) is 0 Å². The molecular formula is C19H16F2N4O5. The van der Waals surface area contributed by atoms with Gasteiger partial charge in [-0.15, -0.1) is 0 Å². The summed E-state index contributed by atoms with van der Waals surface area (Å²) in [5.41, 5.74) is -0.165. The van der Waals surface area contributed by atoms with Crippen LogP contribution < -0.4 is 10.1 Å². The van der Waals surface area contributed by atoms with Crippen molar-refractivity contribution in [2.24, 2.45) is 0 Å². The Balaban J connectivity index is 1.86. The zero-order chi connectivity index (χ0) is 21.8. The monoisotopic (exact) mass is 418 g/mol. The van der Waals surface area contributed by atoms with E-state index in [4.69, 9.17) is 9.84 Å². The molecule has 1 atom stereocenters. The first-order chi connectivity index (χ1) is 14.3. The Morgan fingerprint density at radius 3 is 2.60 bits per heavy atom. The van der Waals surface area contributed by atoms with Crippen LogP contribution in [0.5, 0.6) is 11.8 Å². The number of aromatic hydroxyl groups is 1. The molecule has 0 aliphatic heterocycles. The van der Waals surface area contributed by atoms with Crippen LogP contribution in [0.4, 0.5) is 8.78 Å². The summed E-state index contributed by atoms with van der Waals surface area (Å²) in [4.78, 5) is 27.8. The number of pyridine rings is 1. The van der Waals surface area contributed by atoms with E-state index in [0.29, 0.717) is 17.5 Å². The molecule has 0 saturated carbocycles. The molecule has 3 rings (SSSR count). The molecule has 0 fully saturated rings. The smallest absolute Gasteiger partial charge is 0.305 e. The number of nitrogens with one attached hydrogen (secondary N) is 1. The average Bonchev–Trinajstić information content (AvgIpc) is 3.09. The fourth-order valence-corrected chi connectivity index (χ4v) is 2.69. The molecule has 1 amide bonds. The third kappa shape index (κ3) is 4.51. The first kappa shape index (κ1) is 20.7. The minimum absolute atomic E-state index is 0.269. The molecule has 0 spiro atoms. The molecule has 0 aliphatic rings. The minimum atomic E-state index is -1.17. The molecule has 1 aromatic carbocycles. The maximum atomic E-state index is 14.0. The van der Waals surface area contributed by atoms with Gasteiger partial charge < -0.3 is 20.3 Å². The molecule has 11 heteroatoms. The normalized spacial score (nSPS) is 11.7. The van der Waals surface area contributed by atoms with Gasteiger partial charge >= 0.3 is 5.97 Å². The summed E-state index contributed by atoms with van der Waals surface area (Å²) >= 11 is 0. The van der Waals surface area contributed by atoms with Crippen LogP contribution in [-0.4, -0.2) is 44.0 Å². The van der Waals surface area contributed by atoms with Gasteiger partial charge in [0.2, 0.25) is 11.8 Å². The van der Waals surface area contributed by atoms with Crippen LogP contribution >= 0.6 is 0 Å². The van der Waals surface area contributed by atoms with E-state index < -0.39 is 41.9 Å². The summed E-state index contributed by atoms with van der Waals surface area (Å²) in [7, 11) is 1.42. The second-order valence-corrected chi connectivity index (χ2v) is 6.15. The summed E-state index contributed by atoms with van der Waals surface area (Å²) < 4.78 is 32.7. The summed E-state index contributed by atoms with van der Waals surface area (Å²) in [6.45, 7) is 0. The highest BCUT2D eigenvalue weighted by atomic mass is 19.1. The predicted octanol–water partition coefficient (Wildman–Crippen LogP) is 2.21. The number of aliphatic carboxylic acids is 1. The van der Waals surface area contributed by atoms with Crippen LogP contribution in [0.25, 0.3) is 5.69 Å². The second-order valence-electron chi connectivity index (χ2n) is 6.15. The van der Waals surface area contributed by atoms with Crippen molar-refractivity contribution in [1.29, 1.82) is 0 Å². The molecule has 3 N–H and O–H groups in total. The molecule has 0 unspecified atom stereocenters. The Labute approximate surface area is 168 Å². The topological polar surface area (TPSA) is 127 Å². The Hall–Kier alpha value is -4.02. The molecule has 2 heterocycles. The number of hydrogen-bond acceptors (Lipinski definition) is 6. The standard InChI is InChI=1S/C19H16F2N4O5/c1-30-16-5-2-10(9-22-16)13(8-18(27)28)23-19(29)14-7-17(26)25(24-14)15-4-3-11(20)6-12(15)21/h2-7,9,13,26H,8H2,1H3,(H,23,29)(H,27,28)/t13-/m0/s1. The number of rotatable bonds is 7. The highest BCUT2D eigenvalue weighted by molar-refractivity contribution is 5.93. The molecule has 0 aliphatic carbocycles. The van der Waals surface area contributed by atoms with Crippen LogP contribution in [-0.2, 0) is 4.79 Å². The fraction of sp³-hybridized carbons (Fsp3) is 0.158. The molecule has 3 aromatic rings. The summed E-state index contributed by atoms with van der Waals surface area (Å²) in [6.07, 6.45) is 0.912. The largest absolute Gasteiger partial charge is 0.493 e. The number of amides is 1. The van der Waals surface area contributed by atoms with Crippen molar-refractivity contribution in [3.8, 4) is 17.4 Å². The van der Waals surface area contributed by atoms with E-state index in [9.17, 15) is 23.5 Å². The van der Waals surface area contributed by atoms with E-state index in [1.54, 1.807) is 6.07 Å². The number of carbonyl (C=O) groups is 2. The van der Waals surface area contributed by atoms with E-state index >= 15 is 0 Å². The van der Waals surface area contributed by atoms with Crippen molar-refractivity contribution >= 4 is 11.9 Å². The van der Waals surface area contributed by atoms with Crippen molar-refractivity contribution in [2.45, 2.75) is 12.5 Å². The maximum absolute atomic E-state index is 14.0. The first-order valence-electron chi connectivity index (χ1n) is 8.55. The molecule has 2 aromatic heterocycles. The Morgan fingerprint density at radius 1 is 1.23 bits per heavy atom. The number of carbonyl (C=O) groups excluding carboxylic acids is 1. The molecule has 0 radical (unpaired) electrons. The number of methoxy groups -OCH3 is 1. The third-order valence-corrected chi connectivity index (χ3v) is 4.12. The minimum Gasteiger partial charge on any atom is -0.493 e. The van der Waals surface area contributed by atoms with E-state index in [1.165, 1.54) is 19.4 Å². The number of benzene rings is 1. The first-order valence-corrected chi connectivity index (χ1v) is 8.55. The maximum Gasteiger partial charge on any atom is 0.305 e. The van der Waals surface area contributed by atoms with E-state index in [0.717, 1.165) is 22.9 Å². The lowest BCUT2D eigenvalue weighted by Gasteiger charge is -2.16. The molecule has 156 valence electrons. The summed E-state index contributed by atoms with van der Waals surface area (Å²) in [6, 6.07) is 5.70. The highest BCUT2D eigenvalue weighted by Crippen LogP contribution is 2.23. The van der Waals surface area contributed by atoms with Gasteiger partial charge in [0.15, 0.2) is 11.5 Å². The van der Waals surface area contributed by atoms with E-state index in [2.05, 4.69) is 15.4 Å². The lowest BCUT2D eigenvalue weighted by atomic mass is 10.1. The van der Waals surface area contributed by atoms with Gasteiger partial charge in [0, 0.05) is 24.4 Å². The lowest BCUT2D eigenvalue weighted by Crippen LogP contribution is -2.30. The van der Waals surface area contributed by atoms with Gasteiger partial charge in [-0.25, -0.2) is 13.8 Å². The predicted molar refractivity (Wildman–Crippen MR) is 98.4 cm³/mol. The Kier molecular flexibility index (Phi) is 5.90. The molecule has 0 bridgehead atoms. The number of carboxylic acid groups (broad SMARTS) is 1. The molecule has 9 nitrogen and oxygen atoms in total. The van der Waals surface area contributed by atoms with Gasteiger partial charge in [0.25, 0.3) is 5.91 Å². The Bertz CT molecular complexity index is 1090. The van der Waals surface area contributed by atoms with Crippen molar-refractivity contribution in [1.82, 2.24) is 20.1 Å². The SMILES string of the molecule is COc1ccc([C@H](CC(=O)O)NC(=O)c2cc(O)n(-c3ccc(F)cc3F)n2)cn1. The number of ether oxygens (including phenoxy) is 1. The van der Waals surface area contributed by atoms with Gasteiger partial charge in [-0.05, 0) is 17.7 Å².